The highest BCUT2D eigenvalue weighted by molar-refractivity contribution is 5.94. The summed E-state index contributed by atoms with van der Waals surface area (Å²) in [6.07, 6.45) is 4.51. The number of benzene rings is 1. The van der Waals surface area contributed by atoms with E-state index in [4.69, 9.17) is 9.47 Å². The lowest BCUT2D eigenvalue weighted by molar-refractivity contribution is 0.0729. The molecule has 0 unspecified atom stereocenters. The van der Waals surface area contributed by atoms with Crippen LogP contribution in [0.5, 0.6) is 5.88 Å². The highest BCUT2D eigenvalue weighted by Gasteiger charge is 2.29. The number of pyridine rings is 1. The zero-order valence-corrected chi connectivity index (χ0v) is 14.4. The summed E-state index contributed by atoms with van der Waals surface area (Å²) in [6, 6.07) is 12.0. The molecule has 4 rings (SSSR count). The fourth-order valence-corrected chi connectivity index (χ4v) is 3.67. The van der Waals surface area contributed by atoms with Crippen molar-refractivity contribution in [3.05, 3.63) is 59.3 Å². The minimum absolute atomic E-state index is 0.00312. The summed E-state index contributed by atoms with van der Waals surface area (Å²) in [5.74, 6) is 0.484. The molecule has 0 radical (unpaired) electrons. The summed E-state index contributed by atoms with van der Waals surface area (Å²) in [4.78, 5) is 19.0. The summed E-state index contributed by atoms with van der Waals surface area (Å²) in [6.45, 7) is 1.30. The van der Waals surface area contributed by atoms with Gasteiger partial charge in [0.25, 0.3) is 5.91 Å². The Morgan fingerprint density at radius 2 is 2.16 bits per heavy atom. The zero-order valence-electron chi connectivity index (χ0n) is 14.4. The van der Waals surface area contributed by atoms with Crippen LogP contribution in [0.3, 0.4) is 0 Å². The van der Waals surface area contributed by atoms with Crippen LogP contribution in [-0.2, 0) is 11.2 Å². The Balaban J connectivity index is 1.50. The lowest BCUT2D eigenvalue weighted by Crippen LogP contribution is -2.30. The van der Waals surface area contributed by atoms with Gasteiger partial charge in [-0.15, -0.1) is 0 Å². The number of nitrogens with zero attached hydrogens (tertiary/aromatic N) is 2. The Labute approximate surface area is 147 Å². The standard InChI is InChI=1S/C20H22N2O3/c1-22(18-7-6-14-4-2-3-5-17(14)18)20(23)15-8-10-21-19(12-15)25-16-9-11-24-13-16/h2-5,8,10,12,16,18H,6-7,9,11,13H2,1H3/t16-,18-/m1/s1. The van der Waals surface area contributed by atoms with Crippen LogP contribution in [0.4, 0.5) is 0 Å². The van der Waals surface area contributed by atoms with Crippen LogP contribution in [0.15, 0.2) is 42.6 Å². The maximum absolute atomic E-state index is 12.9. The number of carbonyl (C=O) groups is 1. The van der Waals surface area contributed by atoms with Crippen molar-refractivity contribution < 1.29 is 14.3 Å². The van der Waals surface area contributed by atoms with Gasteiger partial charge in [-0.2, -0.15) is 0 Å². The second-order valence-corrected chi connectivity index (χ2v) is 6.66. The molecule has 0 bridgehead atoms. The molecule has 1 aromatic carbocycles. The van der Waals surface area contributed by atoms with Gasteiger partial charge in [-0.3, -0.25) is 4.79 Å². The van der Waals surface area contributed by atoms with Gasteiger partial charge in [0.2, 0.25) is 5.88 Å². The number of aromatic nitrogens is 1. The number of amides is 1. The predicted molar refractivity (Wildman–Crippen MR) is 93.7 cm³/mol. The van der Waals surface area contributed by atoms with E-state index in [0.29, 0.717) is 24.7 Å². The molecule has 0 spiro atoms. The molecule has 1 aliphatic heterocycles. The van der Waals surface area contributed by atoms with Crippen molar-refractivity contribution in [2.45, 2.75) is 31.4 Å². The Hall–Kier alpha value is -2.40. The van der Waals surface area contributed by atoms with Gasteiger partial charge >= 0.3 is 0 Å². The Kier molecular flexibility index (Phi) is 4.40. The molecular weight excluding hydrogens is 316 g/mol. The number of hydrogen-bond donors (Lipinski definition) is 0. The first-order chi connectivity index (χ1) is 12.2. The minimum atomic E-state index is -0.00312. The number of hydrogen-bond acceptors (Lipinski definition) is 4. The van der Waals surface area contributed by atoms with E-state index in [1.807, 2.05) is 18.0 Å². The van der Waals surface area contributed by atoms with Crippen molar-refractivity contribution in [1.29, 1.82) is 0 Å². The first-order valence-electron chi connectivity index (χ1n) is 8.78. The third-order valence-corrected chi connectivity index (χ3v) is 5.05. The Morgan fingerprint density at radius 3 is 3.00 bits per heavy atom. The average molecular weight is 338 g/mol. The van der Waals surface area contributed by atoms with Gasteiger partial charge in [0.15, 0.2) is 0 Å². The monoisotopic (exact) mass is 338 g/mol. The van der Waals surface area contributed by atoms with Crippen LogP contribution >= 0.6 is 0 Å². The predicted octanol–water partition coefficient (Wildman–Crippen LogP) is 3.01. The second-order valence-electron chi connectivity index (χ2n) is 6.66. The molecule has 2 aliphatic rings. The van der Waals surface area contributed by atoms with Gasteiger partial charge in [-0.1, -0.05) is 24.3 Å². The van der Waals surface area contributed by atoms with Gasteiger partial charge in [0.1, 0.15) is 6.10 Å². The van der Waals surface area contributed by atoms with Gasteiger partial charge in [0, 0.05) is 31.3 Å². The SMILES string of the molecule is CN(C(=O)c1ccnc(O[C@@H]2CCOC2)c1)[C@@H]1CCc2ccccc21. The molecule has 2 atom stereocenters. The minimum Gasteiger partial charge on any atom is -0.472 e. The summed E-state index contributed by atoms with van der Waals surface area (Å²) in [7, 11) is 1.88. The topological polar surface area (TPSA) is 51.7 Å². The molecule has 2 heterocycles. The maximum atomic E-state index is 12.9. The maximum Gasteiger partial charge on any atom is 0.254 e. The number of carbonyl (C=O) groups excluding carboxylic acids is 1. The lowest BCUT2D eigenvalue weighted by Gasteiger charge is -2.25. The van der Waals surface area contributed by atoms with Gasteiger partial charge in [0.05, 0.1) is 19.3 Å². The number of rotatable bonds is 4. The highest BCUT2D eigenvalue weighted by atomic mass is 16.5. The lowest BCUT2D eigenvalue weighted by atomic mass is 10.1. The van der Waals surface area contributed by atoms with Crippen molar-refractivity contribution in [3.63, 3.8) is 0 Å². The van der Waals surface area contributed by atoms with E-state index in [1.165, 1.54) is 11.1 Å². The molecular formula is C20H22N2O3. The van der Waals surface area contributed by atoms with Crippen LogP contribution < -0.4 is 4.74 Å². The molecule has 25 heavy (non-hydrogen) atoms. The van der Waals surface area contributed by atoms with Crippen LogP contribution in [0.1, 0.15) is 40.4 Å². The first kappa shape index (κ1) is 16.1. The van der Waals surface area contributed by atoms with Crippen LogP contribution in [0, 0.1) is 0 Å². The van der Waals surface area contributed by atoms with Crippen molar-refractivity contribution in [1.82, 2.24) is 9.88 Å². The molecule has 0 N–H and O–H groups in total. The van der Waals surface area contributed by atoms with Crippen LogP contribution in [0.25, 0.3) is 0 Å². The summed E-state index contributed by atoms with van der Waals surface area (Å²) >= 11 is 0. The molecule has 5 heteroatoms. The van der Waals surface area contributed by atoms with E-state index < -0.39 is 0 Å². The molecule has 5 nitrogen and oxygen atoms in total. The third kappa shape index (κ3) is 3.24. The van der Waals surface area contributed by atoms with Crippen molar-refractivity contribution in [2.24, 2.45) is 0 Å². The fraction of sp³-hybridized carbons (Fsp3) is 0.400. The number of aryl methyl sites for hydroxylation is 1. The van der Waals surface area contributed by atoms with E-state index in [9.17, 15) is 4.79 Å². The van der Waals surface area contributed by atoms with Crippen LogP contribution in [0.2, 0.25) is 0 Å². The van der Waals surface area contributed by atoms with E-state index in [-0.39, 0.29) is 18.1 Å². The summed E-state index contributed by atoms with van der Waals surface area (Å²) in [5, 5.41) is 0. The van der Waals surface area contributed by atoms with Crippen molar-refractivity contribution in [3.8, 4) is 5.88 Å². The molecule has 130 valence electrons. The van der Waals surface area contributed by atoms with E-state index in [2.05, 4.69) is 23.2 Å². The second kappa shape index (κ2) is 6.84. The quantitative estimate of drug-likeness (QED) is 0.860. The Bertz CT molecular complexity index is 771. The van der Waals surface area contributed by atoms with Crippen molar-refractivity contribution in [2.75, 3.05) is 20.3 Å². The van der Waals surface area contributed by atoms with E-state index in [1.54, 1.807) is 18.3 Å². The fourth-order valence-electron chi connectivity index (χ4n) is 3.67. The van der Waals surface area contributed by atoms with Gasteiger partial charge < -0.3 is 14.4 Å². The van der Waals surface area contributed by atoms with Crippen LogP contribution in [-0.4, -0.2) is 42.2 Å². The molecule has 1 amide bonds. The number of fused-ring (bicyclic) bond motifs is 1. The molecule has 1 aliphatic carbocycles. The summed E-state index contributed by atoms with van der Waals surface area (Å²) in [5.41, 5.74) is 3.20. The largest absolute Gasteiger partial charge is 0.472 e. The zero-order chi connectivity index (χ0) is 17.2. The molecule has 0 saturated carbocycles. The Morgan fingerprint density at radius 1 is 1.28 bits per heavy atom. The van der Waals surface area contributed by atoms with E-state index >= 15 is 0 Å². The molecule has 1 aromatic heterocycles. The molecule has 1 fully saturated rings. The molecule has 1 saturated heterocycles. The van der Waals surface area contributed by atoms with Gasteiger partial charge in [-0.25, -0.2) is 4.98 Å². The smallest absolute Gasteiger partial charge is 0.254 e. The first-order valence-corrected chi connectivity index (χ1v) is 8.78. The average Bonchev–Trinajstić information content (AvgIpc) is 3.30. The molecule has 2 aromatic rings. The summed E-state index contributed by atoms with van der Waals surface area (Å²) < 4.78 is 11.1. The normalized spacial score (nSPS) is 21.8. The van der Waals surface area contributed by atoms with Crippen molar-refractivity contribution >= 4 is 5.91 Å². The third-order valence-electron chi connectivity index (χ3n) is 5.05. The van der Waals surface area contributed by atoms with Gasteiger partial charge in [-0.05, 0) is 30.0 Å². The van der Waals surface area contributed by atoms with E-state index in [0.717, 1.165) is 19.3 Å². The number of ether oxygens (including phenoxy) is 2. The highest BCUT2D eigenvalue weighted by Crippen LogP contribution is 2.35.